The van der Waals surface area contributed by atoms with Gasteiger partial charge in [-0.2, -0.15) is 0 Å². The molecule has 0 radical (unpaired) electrons. The van der Waals surface area contributed by atoms with Crippen LogP contribution in [0.15, 0.2) is 47.6 Å². The molecule has 0 unspecified atom stereocenters. The molecule has 0 atom stereocenters. The second-order valence-electron chi connectivity index (χ2n) is 4.58. The first-order chi connectivity index (χ1) is 11.1. The zero-order valence-electron chi connectivity index (χ0n) is 12.4. The second-order valence-corrected chi connectivity index (χ2v) is 5.01. The van der Waals surface area contributed by atoms with Gasteiger partial charge in [0.15, 0.2) is 5.84 Å². The third kappa shape index (κ3) is 5.55. The van der Waals surface area contributed by atoms with Crippen molar-refractivity contribution in [1.29, 1.82) is 0 Å². The highest BCUT2D eigenvalue weighted by Gasteiger charge is 2.06. The van der Waals surface area contributed by atoms with Gasteiger partial charge in [-0.1, -0.05) is 17.7 Å². The number of aromatic nitrogens is 1. The number of hydrogen-bond acceptors (Lipinski definition) is 5. The fourth-order valence-corrected chi connectivity index (χ4v) is 1.86. The minimum Gasteiger partial charge on any atom is -0.439 e. The van der Waals surface area contributed by atoms with Crippen LogP contribution in [-0.2, 0) is 6.54 Å². The van der Waals surface area contributed by atoms with E-state index in [-0.39, 0.29) is 6.54 Å². The number of hydrogen-bond donors (Lipinski definition) is 1. The molecule has 2 rings (SSSR count). The molecule has 1 heterocycles. The van der Waals surface area contributed by atoms with Crippen molar-refractivity contribution in [3.8, 4) is 11.6 Å². The highest BCUT2D eigenvalue weighted by atomic mass is 35.5. The molecule has 0 aliphatic heterocycles. The SMILES string of the molecule is CN=C(C[N+](=O)[O-])NCc1ccc(Oc2ccc(Cl)cc2)nc1. The van der Waals surface area contributed by atoms with E-state index in [9.17, 15) is 10.1 Å². The zero-order valence-corrected chi connectivity index (χ0v) is 13.2. The van der Waals surface area contributed by atoms with Gasteiger partial charge < -0.3 is 10.1 Å². The molecular weight excluding hydrogens is 320 g/mol. The summed E-state index contributed by atoms with van der Waals surface area (Å²) < 4.78 is 5.58. The Bertz CT molecular complexity index is 687. The van der Waals surface area contributed by atoms with Gasteiger partial charge in [0, 0.05) is 35.8 Å². The van der Waals surface area contributed by atoms with Crippen molar-refractivity contribution in [3.05, 3.63) is 63.3 Å². The number of rotatable bonds is 6. The van der Waals surface area contributed by atoms with Crippen LogP contribution in [-0.4, -0.2) is 29.3 Å². The van der Waals surface area contributed by atoms with Crippen LogP contribution in [0.25, 0.3) is 0 Å². The first-order valence-electron chi connectivity index (χ1n) is 6.76. The first kappa shape index (κ1) is 16.7. The Kier molecular flexibility index (Phi) is 5.87. The molecule has 0 bridgehead atoms. The molecule has 7 nitrogen and oxygen atoms in total. The van der Waals surface area contributed by atoms with Crippen LogP contribution in [0.4, 0.5) is 0 Å². The van der Waals surface area contributed by atoms with Crippen LogP contribution in [0, 0.1) is 10.1 Å². The maximum atomic E-state index is 10.5. The number of benzene rings is 1. The third-order valence-corrected chi connectivity index (χ3v) is 3.13. The van der Waals surface area contributed by atoms with E-state index in [1.807, 2.05) is 6.07 Å². The van der Waals surface area contributed by atoms with Crippen LogP contribution in [0.5, 0.6) is 11.6 Å². The van der Waals surface area contributed by atoms with Crippen LogP contribution >= 0.6 is 11.6 Å². The molecule has 0 aliphatic rings. The molecule has 0 spiro atoms. The van der Waals surface area contributed by atoms with E-state index in [0.717, 1.165) is 5.56 Å². The molecular formula is C15H15ClN4O3. The van der Waals surface area contributed by atoms with E-state index in [1.165, 1.54) is 7.05 Å². The van der Waals surface area contributed by atoms with Crippen molar-refractivity contribution in [2.45, 2.75) is 6.54 Å². The van der Waals surface area contributed by atoms with Crippen molar-refractivity contribution in [1.82, 2.24) is 10.3 Å². The van der Waals surface area contributed by atoms with E-state index in [2.05, 4.69) is 15.3 Å². The Hall–Kier alpha value is -2.67. The number of nitro groups is 1. The van der Waals surface area contributed by atoms with Crippen LogP contribution in [0.1, 0.15) is 5.56 Å². The highest BCUT2D eigenvalue weighted by Crippen LogP contribution is 2.21. The van der Waals surface area contributed by atoms with Gasteiger partial charge in [-0.05, 0) is 29.8 Å². The molecule has 1 N–H and O–H groups in total. The summed E-state index contributed by atoms with van der Waals surface area (Å²) >= 11 is 5.81. The minimum atomic E-state index is -0.434. The van der Waals surface area contributed by atoms with Gasteiger partial charge in [0.25, 0.3) is 6.54 Å². The lowest BCUT2D eigenvalue weighted by Crippen LogP contribution is -2.29. The number of halogens is 1. The summed E-state index contributed by atoms with van der Waals surface area (Å²) in [6, 6.07) is 10.5. The van der Waals surface area contributed by atoms with Crippen LogP contribution < -0.4 is 10.1 Å². The monoisotopic (exact) mass is 334 g/mol. The Balaban J connectivity index is 1.91. The van der Waals surface area contributed by atoms with Gasteiger partial charge in [0.1, 0.15) is 5.75 Å². The molecule has 0 aliphatic carbocycles. The van der Waals surface area contributed by atoms with E-state index in [0.29, 0.717) is 29.0 Å². The Morgan fingerprint density at radius 1 is 1.35 bits per heavy atom. The quantitative estimate of drug-likeness (QED) is 0.379. The Morgan fingerprint density at radius 3 is 2.65 bits per heavy atom. The van der Waals surface area contributed by atoms with Gasteiger partial charge in [-0.25, -0.2) is 4.98 Å². The zero-order chi connectivity index (χ0) is 16.7. The summed E-state index contributed by atoms with van der Waals surface area (Å²) in [6.07, 6.45) is 1.64. The summed E-state index contributed by atoms with van der Waals surface area (Å²) in [7, 11) is 1.51. The van der Waals surface area contributed by atoms with E-state index >= 15 is 0 Å². The molecule has 0 saturated carbocycles. The molecule has 2 aromatic rings. The molecule has 8 heteroatoms. The highest BCUT2D eigenvalue weighted by molar-refractivity contribution is 6.30. The predicted molar refractivity (Wildman–Crippen MR) is 87.8 cm³/mol. The maximum Gasteiger partial charge on any atom is 0.259 e. The normalized spacial score (nSPS) is 11.1. The number of ether oxygens (including phenoxy) is 1. The maximum absolute atomic E-state index is 10.5. The molecule has 0 fully saturated rings. The number of pyridine rings is 1. The van der Waals surface area contributed by atoms with Crippen molar-refractivity contribution < 1.29 is 9.66 Å². The fourth-order valence-electron chi connectivity index (χ4n) is 1.73. The third-order valence-electron chi connectivity index (χ3n) is 2.88. The lowest BCUT2D eigenvalue weighted by atomic mass is 10.3. The lowest BCUT2D eigenvalue weighted by molar-refractivity contribution is -0.463. The molecule has 0 amide bonds. The topological polar surface area (TPSA) is 89.7 Å². The standard InChI is InChI=1S/C15H15ClN4O3/c1-17-14(10-20(21)22)18-8-11-2-7-15(19-9-11)23-13-5-3-12(16)4-6-13/h2-7,9H,8,10H2,1H3,(H,17,18). The van der Waals surface area contributed by atoms with E-state index in [4.69, 9.17) is 16.3 Å². The van der Waals surface area contributed by atoms with Crippen molar-refractivity contribution in [3.63, 3.8) is 0 Å². The fraction of sp³-hybridized carbons (Fsp3) is 0.200. The van der Waals surface area contributed by atoms with Crippen molar-refractivity contribution in [2.24, 2.45) is 4.99 Å². The van der Waals surface area contributed by atoms with Gasteiger partial charge >= 0.3 is 0 Å². The van der Waals surface area contributed by atoms with Gasteiger partial charge in [-0.3, -0.25) is 15.1 Å². The van der Waals surface area contributed by atoms with Gasteiger partial charge in [0.2, 0.25) is 5.88 Å². The Labute approximate surface area is 138 Å². The number of nitrogens with one attached hydrogen (secondary N) is 1. The number of aliphatic imine (C=N–C) groups is 1. The van der Waals surface area contributed by atoms with Gasteiger partial charge in [0.05, 0.1) is 0 Å². The van der Waals surface area contributed by atoms with E-state index in [1.54, 1.807) is 36.5 Å². The molecule has 1 aromatic carbocycles. The smallest absolute Gasteiger partial charge is 0.259 e. The largest absolute Gasteiger partial charge is 0.439 e. The molecule has 1 aromatic heterocycles. The summed E-state index contributed by atoms with van der Waals surface area (Å²) in [5.41, 5.74) is 0.859. The minimum absolute atomic E-state index is 0.316. The van der Waals surface area contributed by atoms with Crippen LogP contribution in [0.2, 0.25) is 5.02 Å². The number of nitrogens with zero attached hydrogens (tertiary/aromatic N) is 3. The van der Waals surface area contributed by atoms with Crippen LogP contribution in [0.3, 0.4) is 0 Å². The summed E-state index contributed by atoms with van der Waals surface area (Å²) in [6.45, 7) is 0.0659. The molecule has 0 saturated heterocycles. The van der Waals surface area contributed by atoms with Gasteiger partial charge in [-0.15, -0.1) is 0 Å². The molecule has 120 valence electrons. The Morgan fingerprint density at radius 2 is 2.09 bits per heavy atom. The molecule has 23 heavy (non-hydrogen) atoms. The predicted octanol–water partition coefficient (Wildman–Crippen LogP) is 2.92. The number of amidine groups is 1. The lowest BCUT2D eigenvalue weighted by Gasteiger charge is -2.08. The average molecular weight is 335 g/mol. The van der Waals surface area contributed by atoms with E-state index < -0.39 is 4.92 Å². The summed E-state index contributed by atoms with van der Waals surface area (Å²) in [4.78, 5) is 18.1. The summed E-state index contributed by atoms with van der Waals surface area (Å²) in [5.74, 6) is 1.40. The average Bonchev–Trinajstić information content (AvgIpc) is 2.54. The summed E-state index contributed by atoms with van der Waals surface area (Å²) in [5, 5.41) is 14.0. The van der Waals surface area contributed by atoms with Crippen molar-refractivity contribution in [2.75, 3.05) is 13.6 Å². The van der Waals surface area contributed by atoms with Crippen molar-refractivity contribution >= 4 is 17.4 Å². The second kappa shape index (κ2) is 8.09. The first-order valence-corrected chi connectivity index (χ1v) is 7.14.